The fourth-order valence-electron chi connectivity index (χ4n) is 2.91. The highest BCUT2D eigenvalue weighted by molar-refractivity contribution is 7.99. The fourth-order valence-corrected chi connectivity index (χ4v) is 4.00. The molecule has 1 aromatic rings. The monoisotopic (exact) mass is 295 g/mol. The van der Waals surface area contributed by atoms with Gasteiger partial charge >= 0.3 is 0 Å². The maximum absolute atomic E-state index is 12.6. The van der Waals surface area contributed by atoms with Gasteiger partial charge in [0.2, 0.25) is 5.91 Å². The summed E-state index contributed by atoms with van der Waals surface area (Å²) >= 11 is 1.91. The van der Waals surface area contributed by atoms with Crippen LogP contribution in [0.25, 0.3) is 0 Å². The molecule has 0 unspecified atom stereocenters. The molecule has 3 rings (SSSR count). The zero-order valence-corrected chi connectivity index (χ0v) is 12.6. The van der Waals surface area contributed by atoms with E-state index in [1.54, 1.807) is 4.68 Å². The largest absolute Gasteiger partial charge is 0.378 e. The summed E-state index contributed by atoms with van der Waals surface area (Å²) in [6.07, 6.45) is 6.66. The van der Waals surface area contributed by atoms with Crippen LogP contribution in [0, 0.1) is 0 Å². The van der Waals surface area contributed by atoms with Gasteiger partial charge in [-0.1, -0.05) is 0 Å². The van der Waals surface area contributed by atoms with Crippen LogP contribution in [0.4, 0.5) is 0 Å². The number of hydrogen-bond donors (Lipinski definition) is 0. The van der Waals surface area contributed by atoms with Gasteiger partial charge in [-0.25, -0.2) is 0 Å². The first kappa shape index (κ1) is 13.9. The summed E-state index contributed by atoms with van der Waals surface area (Å²) < 4.78 is 7.39. The van der Waals surface area contributed by atoms with Crippen LogP contribution in [-0.2, 0) is 16.6 Å². The number of thioether (sulfide) groups is 1. The molecular weight excluding hydrogens is 274 g/mol. The molecule has 2 atom stereocenters. The summed E-state index contributed by atoms with van der Waals surface area (Å²) in [4.78, 5) is 14.6. The number of rotatable bonds is 3. The van der Waals surface area contributed by atoms with Crippen molar-refractivity contribution in [2.45, 2.75) is 31.4 Å². The number of nitrogens with zero attached hydrogens (tertiary/aromatic N) is 3. The molecule has 2 fully saturated rings. The standard InChI is InChI=1S/C14H21N3O2S/c1-16-9-11(8-15-16)13-10-20-6-4-17(13)14(18)7-12-3-2-5-19-12/h8-9,12-13H,2-7,10H2,1H3/t12-,13-/m1/s1. The molecule has 2 aliphatic rings. The van der Waals surface area contributed by atoms with Crippen LogP contribution >= 0.6 is 11.8 Å². The van der Waals surface area contributed by atoms with E-state index in [2.05, 4.69) is 5.10 Å². The van der Waals surface area contributed by atoms with Gasteiger partial charge in [-0.3, -0.25) is 9.48 Å². The van der Waals surface area contributed by atoms with Crippen molar-refractivity contribution >= 4 is 17.7 Å². The molecule has 2 aliphatic heterocycles. The molecule has 1 amide bonds. The zero-order valence-electron chi connectivity index (χ0n) is 11.8. The van der Waals surface area contributed by atoms with E-state index in [9.17, 15) is 4.79 Å². The van der Waals surface area contributed by atoms with E-state index >= 15 is 0 Å². The Morgan fingerprint density at radius 2 is 2.50 bits per heavy atom. The lowest BCUT2D eigenvalue weighted by atomic mass is 10.1. The van der Waals surface area contributed by atoms with Crippen molar-refractivity contribution in [2.24, 2.45) is 7.05 Å². The van der Waals surface area contributed by atoms with E-state index in [0.717, 1.165) is 43.1 Å². The predicted molar refractivity (Wildman–Crippen MR) is 78.6 cm³/mol. The molecule has 5 nitrogen and oxygen atoms in total. The highest BCUT2D eigenvalue weighted by Crippen LogP contribution is 2.30. The highest BCUT2D eigenvalue weighted by atomic mass is 32.2. The van der Waals surface area contributed by atoms with Gasteiger partial charge < -0.3 is 9.64 Å². The number of carbonyl (C=O) groups excluding carboxylic acids is 1. The van der Waals surface area contributed by atoms with E-state index < -0.39 is 0 Å². The second-order valence-electron chi connectivity index (χ2n) is 5.46. The van der Waals surface area contributed by atoms with Crippen molar-refractivity contribution in [1.82, 2.24) is 14.7 Å². The molecule has 0 saturated carbocycles. The SMILES string of the molecule is Cn1cc([C@H]2CSCCN2C(=O)C[C@H]2CCCO2)cn1. The Bertz CT molecular complexity index is 471. The second-order valence-corrected chi connectivity index (χ2v) is 6.61. The van der Waals surface area contributed by atoms with Gasteiger partial charge in [0.05, 0.1) is 24.8 Å². The summed E-state index contributed by atoms with van der Waals surface area (Å²) in [5, 5.41) is 4.23. The van der Waals surface area contributed by atoms with Crippen molar-refractivity contribution < 1.29 is 9.53 Å². The Morgan fingerprint density at radius 3 is 3.20 bits per heavy atom. The lowest BCUT2D eigenvalue weighted by molar-refractivity contribution is -0.135. The summed E-state index contributed by atoms with van der Waals surface area (Å²) in [6, 6.07) is 0.163. The van der Waals surface area contributed by atoms with Gasteiger partial charge in [0, 0.05) is 43.5 Å². The van der Waals surface area contributed by atoms with Crippen molar-refractivity contribution in [3.8, 4) is 0 Å². The fraction of sp³-hybridized carbons (Fsp3) is 0.714. The molecule has 110 valence electrons. The average Bonchev–Trinajstić information content (AvgIpc) is 3.10. The van der Waals surface area contributed by atoms with E-state index in [-0.39, 0.29) is 18.1 Å². The molecule has 0 radical (unpaired) electrons. The zero-order chi connectivity index (χ0) is 13.9. The lowest BCUT2D eigenvalue weighted by Gasteiger charge is -2.35. The minimum atomic E-state index is 0.131. The lowest BCUT2D eigenvalue weighted by Crippen LogP contribution is -2.41. The van der Waals surface area contributed by atoms with Crippen LogP contribution in [0.1, 0.15) is 30.9 Å². The molecule has 2 saturated heterocycles. The van der Waals surface area contributed by atoms with E-state index in [0.29, 0.717) is 6.42 Å². The number of ether oxygens (including phenoxy) is 1. The molecule has 0 aromatic carbocycles. The number of aryl methyl sites for hydroxylation is 1. The Kier molecular flexibility index (Phi) is 4.31. The average molecular weight is 295 g/mol. The summed E-state index contributed by atoms with van der Waals surface area (Å²) in [7, 11) is 1.91. The van der Waals surface area contributed by atoms with Crippen LogP contribution in [0.5, 0.6) is 0 Å². The van der Waals surface area contributed by atoms with Gasteiger partial charge in [-0.2, -0.15) is 16.9 Å². The maximum Gasteiger partial charge on any atom is 0.225 e. The van der Waals surface area contributed by atoms with E-state index in [1.165, 1.54) is 0 Å². The molecule has 1 aromatic heterocycles. The van der Waals surface area contributed by atoms with Crippen LogP contribution in [0.2, 0.25) is 0 Å². The van der Waals surface area contributed by atoms with Crippen LogP contribution in [-0.4, -0.2) is 51.3 Å². The Hall–Kier alpha value is -1.01. The molecular formula is C14H21N3O2S. The minimum Gasteiger partial charge on any atom is -0.378 e. The Morgan fingerprint density at radius 1 is 1.60 bits per heavy atom. The molecule has 0 aliphatic carbocycles. The van der Waals surface area contributed by atoms with Gasteiger partial charge in [0.25, 0.3) is 0 Å². The third kappa shape index (κ3) is 3.01. The number of aromatic nitrogens is 2. The summed E-state index contributed by atoms with van der Waals surface area (Å²) in [6.45, 7) is 1.63. The van der Waals surface area contributed by atoms with Gasteiger partial charge in [-0.05, 0) is 12.8 Å². The minimum absolute atomic E-state index is 0.131. The van der Waals surface area contributed by atoms with Crippen molar-refractivity contribution in [3.05, 3.63) is 18.0 Å². The van der Waals surface area contributed by atoms with Crippen LogP contribution < -0.4 is 0 Å². The first-order valence-corrected chi connectivity index (χ1v) is 8.37. The predicted octanol–water partition coefficient (Wildman–Crippen LogP) is 1.61. The molecule has 0 bridgehead atoms. The topological polar surface area (TPSA) is 47.4 Å². The maximum atomic E-state index is 12.6. The summed E-state index contributed by atoms with van der Waals surface area (Å²) in [5.41, 5.74) is 1.14. The molecule has 6 heteroatoms. The Labute approximate surface area is 123 Å². The smallest absolute Gasteiger partial charge is 0.225 e. The van der Waals surface area contributed by atoms with Crippen LogP contribution in [0.3, 0.4) is 0 Å². The van der Waals surface area contributed by atoms with Crippen molar-refractivity contribution in [1.29, 1.82) is 0 Å². The van der Waals surface area contributed by atoms with Crippen LogP contribution in [0.15, 0.2) is 12.4 Å². The molecule has 3 heterocycles. The van der Waals surface area contributed by atoms with E-state index in [1.807, 2.05) is 36.1 Å². The van der Waals surface area contributed by atoms with Gasteiger partial charge in [0.1, 0.15) is 0 Å². The van der Waals surface area contributed by atoms with Crippen molar-refractivity contribution in [2.75, 3.05) is 24.7 Å². The molecule has 0 spiro atoms. The first-order chi connectivity index (χ1) is 9.74. The molecule has 20 heavy (non-hydrogen) atoms. The number of hydrogen-bond acceptors (Lipinski definition) is 4. The quantitative estimate of drug-likeness (QED) is 0.850. The molecule has 0 N–H and O–H groups in total. The normalized spacial score (nSPS) is 26.9. The number of amides is 1. The van der Waals surface area contributed by atoms with Gasteiger partial charge in [-0.15, -0.1) is 0 Å². The highest BCUT2D eigenvalue weighted by Gasteiger charge is 2.31. The van der Waals surface area contributed by atoms with Crippen molar-refractivity contribution in [3.63, 3.8) is 0 Å². The third-order valence-electron chi connectivity index (χ3n) is 3.98. The third-order valence-corrected chi connectivity index (χ3v) is 5.01. The Balaban J connectivity index is 1.69. The first-order valence-electron chi connectivity index (χ1n) is 7.21. The number of carbonyl (C=O) groups is 1. The summed E-state index contributed by atoms with van der Waals surface area (Å²) in [5.74, 6) is 2.21. The van der Waals surface area contributed by atoms with Gasteiger partial charge in [0.15, 0.2) is 0 Å². The van der Waals surface area contributed by atoms with E-state index in [4.69, 9.17) is 4.74 Å². The second kappa shape index (κ2) is 6.18.